The third-order valence-electron chi connectivity index (χ3n) is 6.62. The summed E-state index contributed by atoms with van der Waals surface area (Å²) in [6.07, 6.45) is 7.28. The lowest BCUT2D eigenvalue weighted by Crippen LogP contribution is -2.59. The van der Waals surface area contributed by atoms with Crippen LogP contribution < -0.4 is 10.5 Å². The van der Waals surface area contributed by atoms with E-state index < -0.39 is 0 Å². The van der Waals surface area contributed by atoms with E-state index in [0.717, 1.165) is 48.5 Å². The Balaban J connectivity index is 1.74. The highest BCUT2D eigenvalue weighted by Crippen LogP contribution is 2.33. The number of piperazine rings is 1. The number of nitriles is 1. The van der Waals surface area contributed by atoms with Crippen molar-refractivity contribution in [3.05, 3.63) is 46.9 Å². The molecule has 1 unspecified atom stereocenters. The Hall–Kier alpha value is -3.25. The summed E-state index contributed by atoms with van der Waals surface area (Å²) >= 11 is 0. The van der Waals surface area contributed by atoms with E-state index in [1.165, 1.54) is 0 Å². The normalized spacial score (nSPS) is 20.4. The summed E-state index contributed by atoms with van der Waals surface area (Å²) in [5, 5.41) is 13.8. The van der Waals surface area contributed by atoms with Crippen LogP contribution in [0.15, 0.2) is 35.5 Å². The molecule has 3 atom stereocenters. The molecule has 0 spiro atoms. The SMILES string of the molecule is CC[C@H]1CN(C(C)c2ncccn2)[C@H](CC)CN1c1cc(=O)n(C)c2cn(CC#N)nc12. The molecule has 3 aromatic rings. The average molecular weight is 435 g/mol. The van der Waals surface area contributed by atoms with E-state index >= 15 is 0 Å². The Kier molecular flexibility index (Phi) is 6.24. The van der Waals surface area contributed by atoms with Gasteiger partial charge >= 0.3 is 0 Å². The predicted molar refractivity (Wildman–Crippen MR) is 123 cm³/mol. The summed E-state index contributed by atoms with van der Waals surface area (Å²) in [7, 11) is 1.75. The second-order valence-corrected chi connectivity index (χ2v) is 8.40. The Morgan fingerprint density at radius 3 is 2.56 bits per heavy atom. The van der Waals surface area contributed by atoms with Crippen molar-refractivity contribution in [3.63, 3.8) is 0 Å². The number of rotatable bonds is 6. The number of hydrogen-bond donors (Lipinski definition) is 0. The molecule has 0 N–H and O–H groups in total. The van der Waals surface area contributed by atoms with Gasteiger partial charge in [0.25, 0.3) is 5.56 Å². The number of aromatic nitrogens is 5. The molecule has 0 amide bonds. The van der Waals surface area contributed by atoms with Gasteiger partial charge in [0.05, 0.1) is 29.5 Å². The van der Waals surface area contributed by atoms with Gasteiger partial charge < -0.3 is 9.47 Å². The first kappa shape index (κ1) is 22.0. The van der Waals surface area contributed by atoms with Gasteiger partial charge in [-0.2, -0.15) is 10.4 Å². The van der Waals surface area contributed by atoms with E-state index in [-0.39, 0.29) is 30.2 Å². The maximum absolute atomic E-state index is 12.8. The first-order chi connectivity index (χ1) is 15.5. The number of fused-ring (bicyclic) bond motifs is 1. The highest BCUT2D eigenvalue weighted by atomic mass is 16.1. The molecule has 32 heavy (non-hydrogen) atoms. The molecule has 4 rings (SSSR count). The van der Waals surface area contributed by atoms with Crippen molar-refractivity contribution in [2.45, 2.75) is 58.3 Å². The molecule has 0 aliphatic carbocycles. The summed E-state index contributed by atoms with van der Waals surface area (Å²) in [6, 6.07) is 6.28. The Morgan fingerprint density at radius 1 is 1.19 bits per heavy atom. The monoisotopic (exact) mass is 434 g/mol. The Labute approximate surface area is 187 Å². The van der Waals surface area contributed by atoms with Gasteiger partial charge in [-0.3, -0.25) is 14.4 Å². The quantitative estimate of drug-likeness (QED) is 0.588. The molecule has 1 fully saturated rings. The molecule has 9 heteroatoms. The van der Waals surface area contributed by atoms with Crippen LogP contribution in [0.4, 0.5) is 5.69 Å². The van der Waals surface area contributed by atoms with Crippen molar-refractivity contribution in [2.24, 2.45) is 7.05 Å². The maximum Gasteiger partial charge on any atom is 0.252 e. The zero-order valence-corrected chi connectivity index (χ0v) is 19.1. The van der Waals surface area contributed by atoms with E-state index in [0.29, 0.717) is 0 Å². The van der Waals surface area contributed by atoms with Crippen LogP contribution in [0, 0.1) is 11.3 Å². The van der Waals surface area contributed by atoms with Crippen LogP contribution in [0.2, 0.25) is 0 Å². The molecule has 3 aromatic heterocycles. The molecule has 9 nitrogen and oxygen atoms in total. The Bertz CT molecular complexity index is 1180. The highest BCUT2D eigenvalue weighted by Gasteiger charge is 2.37. The number of hydrogen-bond acceptors (Lipinski definition) is 7. The van der Waals surface area contributed by atoms with Crippen LogP contribution in [-0.2, 0) is 13.6 Å². The molecule has 0 aromatic carbocycles. The van der Waals surface area contributed by atoms with Gasteiger partial charge in [0, 0.05) is 50.7 Å². The highest BCUT2D eigenvalue weighted by molar-refractivity contribution is 5.88. The molecule has 1 aliphatic rings. The van der Waals surface area contributed by atoms with Crippen molar-refractivity contribution >= 4 is 16.7 Å². The van der Waals surface area contributed by atoms with Crippen LogP contribution in [-0.4, -0.2) is 54.4 Å². The lowest BCUT2D eigenvalue weighted by atomic mass is 9.99. The number of anilines is 1. The predicted octanol–water partition coefficient (Wildman–Crippen LogP) is 2.49. The lowest BCUT2D eigenvalue weighted by Gasteiger charge is -2.49. The summed E-state index contributed by atoms with van der Waals surface area (Å²) in [5.41, 5.74) is 2.30. The van der Waals surface area contributed by atoms with Gasteiger partial charge in [-0.05, 0) is 25.8 Å². The van der Waals surface area contributed by atoms with Crippen molar-refractivity contribution < 1.29 is 0 Å². The van der Waals surface area contributed by atoms with Gasteiger partial charge in [0.1, 0.15) is 17.9 Å². The summed E-state index contributed by atoms with van der Waals surface area (Å²) in [4.78, 5) is 26.6. The molecular weight excluding hydrogens is 404 g/mol. The van der Waals surface area contributed by atoms with Crippen molar-refractivity contribution in [1.82, 2.24) is 29.2 Å². The topological polar surface area (TPSA) is 95.9 Å². The second kappa shape index (κ2) is 9.09. The lowest BCUT2D eigenvalue weighted by molar-refractivity contribution is 0.0969. The molecule has 0 saturated carbocycles. The maximum atomic E-state index is 12.8. The van der Waals surface area contributed by atoms with Crippen molar-refractivity contribution in [1.29, 1.82) is 5.26 Å². The minimum Gasteiger partial charge on any atom is -0.364 e. The molecule has 4 heterocycles. The molecule has 1 aliphatic heterocycles. The second-order valence-electron chi connectivity index (χ2n) is 8.40. The molecule has 168 valence electrons. The number of nitrogens with zero attached hydrogens (tertiary/aromatic N) is 8. The summed E-state index contributed by atoms with van der Waals surface area (Å²) in [6.45, 7) is 8.34. The first-order valence-corrected chi connectivity index (χ1v) is 11.2. The van der Waals surface area contributed by atoms with E-state index in [4.69, 9.17) is 5.26 Å². The van der Waals surface area contributed by atoms with E-state index in [1.807, 2.05) is 6.07 Å². The van der Waals surface area contributed by atoms with Gasteiger partial charge in [-0.1, -0.05) is 13.8 Å². The van der Waals surface area contributed by atoms with Crippen LogP contribution in [0.25, 0.3) is 11.0 Å². The third kappa shape index (κ3) is 3.86. The first-order valence-electron chi connectivity index (χ1n) is 11.2. The van der Waals surface area contributed by atoms with Gasteiger partial charge in [-0.25, -0.2) is 9.97 Å². The van der Waals surface area contributed by atoms with E-state index in [1.54, 1.807) is 41.0 Å². The van der Waals surface area contributed by atoms with Crippen LogP contribution in [0.1, 0.15) is 45.5 Å². The van der Waals surface area contributed by atoms with Gasteiger partial charge in [0.15, 0.2) is 0 Å². The van der Waals surface area contributed by atoms with Crippen LogP contribution in [0.3, 0.4) is 0 Å². The van der Waals surface area contributed by atoms with Crippen molar-refractivity contribution in [3.8, 4) is 6.07 Å². The largest absolute Gasteiger partial charge is 0.364 e. The standard InChI is InChI=1S/C23H30N8O/c1-5-17-14-31(18(6-2)13-30(17)16(3)23-25-9-7-10-26-23)19-12-21(32)28(4)20-15-29(11-8-24)27-22(19)20/h7,9-10,12,15-18H,5-6,11,13-14H2,1-4H3/t16?,17-,18+/m1/s1. The van der Waals surface area contributed by atoms with Crippen molar-refractivity contribution in [2.75, 3.05) is 18.0 Å². The number of pyridine rings is 1. The number of aryl methyl sites for hydroxylation is 1. The third-order valence-corrected chi connectivity index (χ3v) is 6.62. The fourth-order valence-corrected chi connectivity index (χ4v) is 4.74. The minimum atomic E-state index is -0.0691. The van der Waals surface area contributed by atoms with Crippen LogP contribution >= 0.6 is 0 Å². The fraction of sp³-hybridized carbons (Fsp3) is 0.522. The smallest absolute Gasteiger partial charge is 0.252 e. The summed E-state index contributed by atoms with van der Waals surface area (Å²) in [5.74, 6) is 0.834. The average Bonchev–Trinajstić information content (AvgIpc) is 3.25. The zero-order chi connectivity index (χ0) is 22.8. The van der Waals surface area contributed by atoms with Gasteiger partial charge in [-0.15, -0.1) is 0 Å². The molecular formula is C23H30N8O. The summed E-state index contributed by atoms with van der Waals surface area (Å²) < 4.78 is 3.21. The Morgan fingerprint density at radius 2 is 1.91 bits per heavy atom. The zero-order valence-electron chi connectivity index (χ0n) is 19.1. The van der Waals surface area contributed by atoms with E-state index in [2.05, 4.69) is 51.7 Å². The molecule has 0 bridgehead atoms. The van der Waals surface area contributed by atoms with Crippen LogP contribution in [0.5, 0.6) is 0 Å². The molecule has 0 radical (unpaired) electrons. The van der Waals surface area contributed by atoms with Gasteiger partial charge in [0.2, 0.25) is 0 Å². The van der Waals surface area contributed by atoms with E-state index in [9.17, 15) is 4.79 Å². The fourth-order valence-electron chi connectivity index (χ4n) is 4.74. The molecule has 1 saturated heterocycles. The minimum absolute atomic E-state index is 0.0691.